The number of carbonyl (C=O) groups is 3. The summed E-state index contributed by atoms with van der Waals surface area (Å²) >= 11 is 6.50. The van der Waals surface area contributed by atoms with Crippen LogP contribution in [0.4, 0.5) is 0 Å². The number of Topliss-reactive ketones (excluding diaryl/α,β-unsaturated/α-hetero) is 1. The van der Waals surface area contributed by atoms with Crippen molar-refractivity contribution in [1.82, 2.24) is 4.98 Å². The van der Waals surface area contributed by atoms with Gasteiger partial charge in [-0.05, 0) is 55.7 Å². The second kappa shape index (κ2) is 11.2. The fourth-order valence-corrected chi connectivity index (χ4v) is 4.81. The van der Waals surface area contributed by atoms with E-state index in [1.165, 1.54) is 24.5 Å². The van der Waals surface area contributed by atoms with Crippen LogP contribution in [-0.2, 0) is 11.2 Å². The Morgan fingerprint density at radius 1 is 1.31 bits per heavy atom. The summed E-state index contributed by atoms with van der Waals surface area (Å²) in [5.74, 6) is -0.341. The summed E-state index contributed by atoms with van der Waals surface area (Å²) in [6, 6.07) is 3.02. The van der Waals surface area contributed by atoms with Crippen LogP contribution in [0.25, 0.3) is 0 Å². The van der Waals surface area contributed by atoms with Crippen LogP contribution in [0.3, 0.4) is 0 Å². The second-order valence-electron chi connectivity index (χ2n) is 9.73. The first-order valence-electron chi connectivity index (χ1n) is 12.0. The van der Waals surface area contributed by atoms with Gasteiger partial charge in [0, 0.05) is 30.3 Å². The molecule has 0 saturated heterocycles. The molecule has 0 bridgehead atoms. The lowest BCUT2D eigenvalue weighted by Crippen LogP contribution is -2.40. The van der Waals surface area contributed by atoms with E-state index in [0.29, 0.717) is 24.2 Å². The molecule has 1 saturated carbocycles. The van der Waals surface area contributed by atoms with Crippen molar-refractivity contribution in [2.45, 2.75) is 53.9 Å². The predicted molar refractivity (Wildman–Crippen MR) is 140 cm³/mol. The Labute approximate surface area is 217 Å². The smallest absolute Gasteiger partial charge is 0.343 e. The first-order chi connectivity index (χ1) is 17.0. The molecule has 190 valence electrons. The number of halogens is 1. The number of esters is 1. The highest BCUT2D eigenvalue weighted by Crippen LogP contribution is 2.45. The standard InChI is InChI=1S/C29H32ClNO5/c1-17(10-13-29(5)18(2)7-9-24(33)20(29)4)6-8-22-26(34)23(16-32)19(3)25(30)27(22)36-28(35)21-11-14-31-15-12-21/h6,10-16,18,20,34H,7-9H2,1-5H3/b13-10+,17-6+. The molecule has 3 atom stereocenters. The van der Waals surface area contributed by atoms with E-state index in [0.717, 1.165) is 12.0 Å². The van der Waals surface area contributed by atoms with Crippen LogP contribution in [0, 0.1) is 24.2 Å². The second-order valence-corrected chi connectivity index (χ2v) is 10.1. The predicted octanol–water partition coefficient (Wildman–Crippen LogP) is 6.47. The number of nitrogens with zero attached hydrogens (tertiary/aromatic N) is 1. The van der Waals surface area contributed by atoms with E-state index in [9.17, 15) is 19.5 Å². The van der Waals surface area contributed by atoms with Gasteiger partial charge in [-0.1, -0.05) is 56.2 Å². The molecular weight excluding hydrogens is 478 g/mol. The number of rotatable bonds is 7. The van der Waals surface area contributed by atoms with Crippen molar-refractivity contribution in [3.8, 4) is 11.5 Å². The molecule has 1 heterocycles. The van der Waals surface area contributed by atoms with E-state index in [-0.39, 0.29) is 56.7 Å². The Balaban J connectivity index is 1.95. The molecule has 36 heavy (non-hydrogen) atoms. The number of allylic oxidation sites excluding steroid dienone is 4. The molecule has 0 spiro atoms. The van der Waals surface area contributed by atoms with E-state index in [4.69, 9.17) is 16.3 Å². The summed E-state index contributed by atoms with van der Waals surface area (Å²) in [6.45, 7) is 9.76. The molecule has 0 radical (unpaired) electrons. The Morgan fingerprint density at radius 2 is 1.97 bits per heavy atom. The largest absolute Gasteiger partial charge is 0.507 e. The van der Waals surface area contributed by atoms with Gasteiger partial charge in [0.05, 0.1) is 16.1 Å². The maximum Gasteiger partial charge on any atom is 0.343 e. The van der Waals surface area contributed by atoms with Gasteiger partial charge in [-0.15, -0.1) is 0 Å². The first kappa shape index (κ1) is 27.3. The summed E-state index contributed by atoms with van der Waals surface area (Å²) in [5.41, 5.74) is 1.53. The van der Waals surface area contributed by atoms with Crippen LogP contribution in [0.2, 0.25) is 5.02 Å². The zero-order valence-electron chi connectivity index (χ0n) is 21.3. The Morgan fingerprint density at radius 3 is 2.61 bits per heavy atom. The maximum atomic E-state index is 12.7. The fraction of sp³-hybridized carbons (Fsp3) is 0.379. The van der Waals surface area contributed by atoms with Crippen molar-refractivity contribution >= 4 is 29.6 Å². The number of hydrogen-bond acceptors (Lipinski definition) is 6. The third-order valence-electron chi connectivity index (χ3n) is 7.61. The Hall–Kier alpha value is -3.25. The molecule has 1 aliphatic rings. The van der Waals surface area contributed by atoms with Crippen LogP contribution in [0.5, 0.6) is 11.5 Å². The van der Waals surface area contributed by atoms with Crippen LogP contribution in [0.1, 0.15) is 72.4 Å². The van der Waals surface area contributed by atoms with Gasteiger partial charge in [-0.25, -0.2) is 4.79 Å². The number of aromatic nitrogens is 1. The molecule has 0 amide bonds. The number of ketones is 1. The summed E-state index contributed by atoms with van der Waals surface area (Å²) in [6.07, 6.45) is 11.1. The number of ether oxygens (including phenoxy) is 1. The van der Waals surface area contributed by atoms with Gasteiger partial charge in [0.25, 0.3) is 0 Å². The SMILES string of the molecule is CC(/C=C/C1(C)C(C)CCC(=O)C1C)=C\Cc1c(O)c(C=O)c(C)c(Cl)c1OC(=O)c1ccncc1. The molecule has 1 aromatic carbocycles. The molecule has 1 aliphatic carbocycles. The molecule has 2 aromatic rings. The number of aldehydes is 1. The zero-order valence-corrected chi connectivity index (χ0v) is 22.1. The van der Waals surface area contributed by atoms with Gasteiger partial charge in [0.2, 0.25) is 0 Å². The van der Waals surface area contributed by atoms with Gasteiger partial charge in [0.15, 0.2) is 12.0 Å². The number of phenols is 1. The number of phenolic OH excluding ortho intramolecular Hbond substituents is 1. The molecule has 0 aliphatic heterocycles. The van der Waals surface area contributed by atoms with Gasteiger partial charge in [-0.3, -0.25) is 14.6 Å². The van der Waals surface area contributed by atoms with E-state index in [2.05, 4.69) is 24.9 Å². The van der Waals surface area contributed by atoms with Crippen LogP contribution < -0.4 is 4.74 Å². The number of pyridine rings is 1. The van der Waals surface area contributed by atoms with Crippen molar-refractivity contribution in [3.63, 3.8) is 0 Å². The molecule has 3 unspecified atom stereocenters. The minimum Gasteiger partial charge on any atom is -0.507 e. The van der Waals surface area contributed by atoms with Crippen LogP contribution in [-0.4, -0.2) is 28.1 Å². The summed E-state index contributed by atoms with van der Waals surface area (Å²) < 4.78 is 5.61. The maximum absolute atomic E-state index is 12.7. The van der Waals surface area contributed by atoms with Crippen molar-refractivity contribution in [2.75, 3.05) is 0 Å². The zero-order chi connectivity index (χ0) is 26.6. The molecule has 1 fully saturated rings. The highest BCUT2D eigenvalue weighted by Gasteiger charge is 2.41. The Bertz CT molecular complexity index is 1230. The summed E-state index contributed by atoms with van der Waals surface area (Å²) in [4.78, 5) is 40.6. The third-order valence-corrected chi connectivity index (χ3v) is 8.07. The van der Waals surface area contributed by atoms with Crippen LogP contribution in [0.15, 0.2) is 48.3 Å². The highest BCUT2D eigenvalue weighted by atomic mass is 35.5. The molecule has 1 N–H and O–H groups in total. The van der Waals surface area contributed by atoms with Crippen molar-refractivity contribution in [1.29, 1.82) is 0 Å². The van der Waals surface area contributed by atoms with Crippen LogP contribution >= 0.6 is 11.6 Å². The number of benzene rings is 1. The molecule has 7 heteroatoms. The van der Waals surface area contributed by atoms with Gasteiger partial charge < -0.3 is 9.84 Å². The average molecular weight is 510 g/mol. The first-order valence-corrected chi connectivity index (χ1v) is 12.4. The number of carbonyl (C=O) groups excluding carboxylic acids is 3. The number of aromatic hydroxyl groups is 1. The van der Waals surface area contributed by atoms with Crippen molar-refractivity contribution < 1.29 is 24.2 Å². The van der Waals surface area contributed by atoms with E-state index in [1.54, 1.807) is 6.92 Å². The average Bonchev–Trinajstić information content (AvgIpc) is 2.87. The minimum absolute atomic E-state index is 0.0131. The topological polar surface area (TPSA) is 93.6 Å². The highest BCUT2D eigenvalue weighted by molar-refractivity contribution is 6.33. The van der Waals surface area contributed by atoms with Crippen molar-refractivity contribution in [3.05, 3.63) is 75.6 Å². The van der Waals surface area contributed by atoms with Gasteiger partial charge in [0.1, 0.15) is 11.5 Å². The lowest BCUT2D eigenvalue weighted by Gasteiger charge is -2.42. The third kappa shape index (κ3) is 5.44. The number of hydrogen-bond donors (Lipinski definition) is 1. The molecule has 1 aromatic heterocycles. The van der Waals surface area contributed by atoms with Crippen molar-refractivity contribution in [2.24, 2.45) is 17.3 Å². The lowest BCUT2D eigenvalue weighted by molar-refractivity contribution is -0.129. The quantitative estimate of drug-likeness (QED) is 0.199. The monoisotopic (exact) mass is 509 g/mol. The molecular formula is C29H32ClNO5. The fourth-order valence-electron chi connectivity index (χ4n) is 4.56. The molecule has 3 rings (SSSR count). The van der Waals surface area contributed by atoms with Gasteiger partial charge >= 0.3 is 5.97 Å². The normalized spacial score (nSPS) is 22.6. The molecule has 6 nitrogen and oxygen atoms in total. The summed E-state index contributed by atoms with van der Waals surface area (Å²) in [5, 5.41) is 11.0. The minimum atomic E-state index is -0.656. The van der Waals surface area contributed by atoms with E-state index < -0.39 is 5.97 Å². The lowest BCUT2D eigenvalue weighted by atomic mass is 9.61. The van der Waals surface area contributed by atoms with E-state index in [1.807, 2.05) is 26.0 Å². The van der Waals surface area contributed by atoms with E-state index >= 15 is 0 Å². The summed E-state index contributed by atoms with van der Waals surface area (Å²) in [7, 11) is 0. The van der Waals surface area contributed by atoms with Gasteiger partial charge in [-0.2, -0.15) is 0 Å². The Kier molecular flexibility index (Phi) is 8.51.